The van der Waals surface area contributed by atoms with Gasteiger partial charge in [0.1, 0.15) is 11.4 Å². The molecule has 2 aromatic rings. The first-order valence-corrected chi connectivity index (χ1v) is 11.0. The Morgan fingerprint density at radius 1 is 0.935 bits per heavy atom. The Labute approximate surface area is 182 Å². The lowest BCUT2D eigenvalue weighted by atomic mass is 10.0. The van der Waals surface area contributed by atoms with E-state index in [1.165, 1.54) is 5.56 Å². The molecule has 2 heterocycles. The predicted octanol–water partition coefficient (Wildman–Crippen LogP) is 0.352. The van der Waals surface area contributed by atoms with Crippen molar-refractivity contribution in [3.63, 3.8) is 0 Å². The highest BCUT2D eigenvalue weighted by Crippen LogP contribution is 2.26. The van der Waals surface area contributed by atoms with Crippen LogP contribution in [0, 0.1) is 0 Å². The SMILES string of the molecule is CC(=O)N1CCN(c2c(NCC(c3ccccc3)N3CCN(C)CC3)c(=O)c2=O)CC1. The number of anilines is 2. The minimum Gasteiger partial charge on any atom is -0.378 e. The van der Waals surface area contributed by atoms with Gasteiger partial charge in [-0.1, -0.05) is 30.3 Å². The lowest BCUT2D eigenvalue weighted by Crippen LogP contribution is -2.53. The van der Waals surface area contributed by atoms with Crippen molar-refractivity contribution in [1.29, 1.82) is 0 Å². The summed E-state index contributed by atoms with van der Waals surface area (Å²) in [5.74, 6) is 0.0425. The molecule has 1 unspecified atom stereocenters. The van der Waals surface area contributed by atoms with Crippen molar-refractivity contribution >= 4 is 17.3 Å². The highest BCUT2D eigenvalue weighted by molar-refractivity contribution is 5.77. The van der Waals surface area contributed by atoms with E-state index in [1.807, 2.05) is 23.1 Å². The minimum absolute atomic E-state index is 0.0425. The molecule has 2 aliphatic rings. The van der Waals surface area contributed by atoms with Crippen molar-refractivity contribution in [2.45, 2.75) is 13.0 Å². The van der Waals surface area contributed by atoms with Crippen LogP contribution in [0.4, 0.5) is 11.4 Å². The van der Waals surface area contributed by atoms with Gasteiger partial charge in [0, 0.05) is 65.8 Å². The Morgan fingerprint density at radius 2 is 1.58 bits per heavy atom. The van der Waals surface area contributed by atoms with Crippen LogP contribution >= 0.6 is 0 Å². The molecule has 1 amide bonds. The average Bonchev–Trinajstić information content (AvgIpc) is 2.80. The summed E-state index contributed by atoms with van der Waals surface area (Å²) in [6.45, 7) is 8.35. The summed E-state index contributed by atoms with van der Waals surface area (Å²) < 4.78 is 0. The van der Waals surface area contributed by atoms with E-state index in [-0.39, 0.29) is 11.9 Å². The van der Waals surface area contributed by atoms with E-state index in [9.17, 15) is 14.4 Å². The van der Waals surface area contributed by atoms with Gasteiger partial charge in [-0.05, 0) is 12.6 Å². The highest BCUT2D eigenvalue weighted by atomic mass is 16.2. The number of carbonyl (C=O) groups is 1. The summed E-state index contributed by atoms with van der Waals surface area (Å²) in [6, 6.07) is 10.4. The molecule has 2 aliphatic heterocycles. The fourth-order valence-electron chi connectivity index (χ4n) is 4.56. The number of nitrogens with one attached hydrogen (secondary N) is 1. The fraction of sp³-hybridized carbons (Fsp3) is 0.522. The van der Waals surface area contributed by atoms with Crippen molar-refractivity contribution in [1.82, 2.24) is 14.7 Å². The Morgan fingerprint density at radius 3 is 2.19 bits per heavy atom. The maximum absolute atomic E-state index is 12.4. The summed E-state index contributed by atoms with van der Waals surface area (Å²) in [7, 11) is 2.13. The van der Waals surface area contributed by atoms with Crippen LogP contribution in [0.25, 0.3) is 0 Å². The topological polar surface area (TPSA) is 76.2 Å². The first-order chi connectivity index (χ1) is 15.0. The smallest absolute Gasteiger partial charge is 0.253 e. The van der Waals surface area contributed by atoms with Gasteiger partial charge in [0.05, 0.1) is 6.04 Å². The van der Waals surface area contributed by atoms with E-state index < -0.39 is 10.9 Å². The van der Waals surface area contributed by atoms with Crippen LogP contribution in [0.15, 0.2) is 39.9 Å². The van der Waals surface area contributed by atoms with Gasteiger partial charge in [-0.15, -0.1) is 0 Å². The second kappa shape index (κ2) is 9.20. The largest absolute Gasteiger partial charge is 0.378 e. The Balaban J connectivity index is 1.48. The molecule has 8 heteroatoms. The zero-order valence-electron chi connectivity index (χ0n) is 18.3. The molecule has 2 fully saturated rings. The standard InChI is InChI=1S/C23H31N5O3/c1-17(29)26-12-14-28(15-13-26)21-20(22(30)23(21)31)24-16-19(18-6-4-3-5-7-18)27-10-8-25(2)9-11-27/h3-7,19,24H,8-16H2,1-2H3. The van der Waals surface area contributed by atoms with Gasteiger partial charge in [-0.3, -0.25) is 19.3 Å². The summed E-state index contributed by atoms with van der Waals surface area (Å²) >= 11 is 0. The number of hydrogen-bond donors (Lipinski definition) is 1. The lowest BCUT2D eigenvalue weighted by molar-refractivity contribution is -0.129. The van der Waals surface area contributed by atoms with Gasteiger partial charge < -0.3 is 20.0 Å². The molecule has 0 aromatic heterocycles. The van der Waals surface area contributed by atoms with Crippen molar-refractivity contribution in [2.75, 3.05) is 76.2 Å². The molecule has 1 N–H and O–H groups in total. The molecule has 1 atom stereocenters. The fourth-order valence-corrected chi connectivity index (χ4v) is 4.56. The van der Waals surface area contributed by atoms with Gasteiger partial charge in [-0.25, -0.2) is 0 Å². The van der Waals surface area contributed by atoms with E-state index in [0.717, 1.165) is 26.2 Å². The molecule has 0 bridgehead atoms. The number of hydrogen-bond acceptors (Lipinski definition) is 7. The molecule has 0 radical (unpaired) electrons. The molecule has 8 nitrogen and oxygen atoms in total. The molecular weight excluding hydrogens is 394 g/mol. The Kier molecular flexibility index (Phi) is 6.38. The van der Waals surface area contributed by atoms with Crippen molar-refractivity contribution in [2.24, 2.45) is 0 Å². The molecule has 31 heavy (non-hydrogen) atoms. The molecule has 4 rings (SSSR count). The molecule has 0 spiro atoms. The number of nitrogens with zero attached hydrogens (tertiary/aromatic N) is 4. The third-order valence-electron chi connectivity index (χ3n) is 6.56. The van der Waals surface area contributed by atoms with E-state index in [2.05, 4.69) is 34.3 Å². The van der Waals surface area contributed by atoms with Crippen molar-refractivity contribution < 1.29 is 4.79 Å². The van der Waals surface area contributed by atoms with Crippen LogP contribution < -0.4 is 21.1 Å². The number of piperazine rings is 2. The van der Waals surface area contributed by atoms with Crippen LogP contribution in [0.1, 0.15) is 18.5 Å². The zero-order chi connectivity index (χ0) is 22.0. The van der Waals surface area contributed by atoms with Crippen LogP contribution in [0.2, 0.25) is 0 Å². The van der Waals surface area contributed by atoms with Crippen LogP contribution in [-0.4, -0.2) is 86.6 Å². The minimum atomic E-state index is -0.436. The first-order valence-electron chi connectivity index (χ1n) is 11.0. The van der Waals surface area contributed by atoms with Crippen molar-refractivity contribution in [3.8, 4) is 0 Å². The average molecular weight is 426 g/mol. The number of amides is 1. The van der Waals surface area contributed by atoms with E-state index in [4.69, 9.17) is 0 Å². The number of carbonyl (C=O) groups excluding carboxylic acids is 1. The first kappa shape index (κ1) is 21.5. The van der Waals surface area contributed by atoms with E-state index in [1.54, 1.807) is 11.8 Å². The van der Waals surface area contributed by atoms with Crippen LogP contribution in [0.3, 0.4) is 0 Å². The lowest BCUT2D eigenvalue weighted by Gasteiger charge is -2.39. The van der Waals surface area contributed by atoms with E-state index in [0.29, 0.717) is 44.1 Å². The second-order valence-electron chi connectivity index (χ2n) is 8.52. The number of rotatable bonds is 6. The quantitative estimate of drug-likeness (QED) is 0.670. The molecule has 0 saturated carbocycles. The van der Waals surface area contributed by atoms with E-state index >= 15 is 0 Å². The van der Waals surface area contributed by atoms with Gasteiger partial charge in [0.15, 0.2) is 0 Å². The maximum Gasteiger partial charge on any atom is 0.253 e. The normalized spacial score (nSPS) is 19.5. The highest BCUT2D eigenvalue weighted by Gasteiger charge is 2.30. The van der Waals surface area contributed by atoms with Crippen LogP contribution in [0.5, 0.6) is 0 Å². The predicted molar refractivity (Wildman–Crippen MR) is 123 cm³/mol. The second-order valence-corrected chi connectivity index (χ2v) is 8.52. The molecule has 0 aliphatic carbocycles. The summed E-state index contributed by atoms with van der Waals surface area (Å²) in [4.78, 5) is 44.8. The summed E-state index contributed by atoms with van der Waals surface area (Å²) in [5.41, 5.74) is 1.26. The van der Waals surface area contributed by atoms with Gasteiger partial charge >= 0.3 is 0 Å². The molecule has 2 saturated heterocycles. The Hall–Kier alpha value is -2.71. The molecule has 166 valence electrons. The number of benzene rings is 1. The Bertz CT molecular complexity index is 969. The van der Waals surface area contributed by atoms with Gasteiger partial charge in [-0.2, -0.15) is 0 Å². The third kappa shape index (κ3) is 4.50. The molecular formula is C23H31N5O3. The third-order valence-corrected chi connectivity index (χ3v) is 6.56. The number of likely N-dealkylation sites (N-methyl/N-ethyl adjacent to an activating group) is 1. The zero-order valence-corrected chi connectivity index (χ0v) is 18.3. The molecule has 2 aromatic carbocycles. The summed E-state index contributed by atoms with van der Waals surface area (Å²) in [6.07, 6.45) is 0. The monoisotopic (exact) mass is 425 g/mol. The van der Waals surface area contributed by atoms with Crippen molar-refractivity contribution in [3.05, 3.63) is 56.3 Å². The van der Waals surface area contributed by atoms with Gasteiger partial charge in [0.25, 0.3) is 10.9 Å². The summed E-state index contributed by atoms with van der Waals surface area (Å²) in [5, 5.41) is 3.32. The van der Waals surface area contributed by atoms with Gasteiger partial charge in [0.2, 0.25) is 5.91 Å². The van der Waals surface area contributed by atoms with Crippen LogP contribution in [-0.2, 0) is 4.79 Å². The maximum atomic E-state index is 12.4.